The Morgan fingerprint density at radius 1 is 1.58 bits per heavy atom. The van der Waals surface area contributed by atoms with Gasteiger partial charge in [-0.05, 0) is 32.8 Å². The number of methoxy groups -OCH3 is 1. The molecular weight excluding hydrogens is 148 g/mol. The zero-order valence-corrected chi connectivity index (χ0v) is 8.68. The first-order valence-corrected chi connectivity index (χ1v) is 4.46. The fourth-order valence-electron chi connectivity index (χ4n) is 1.21. The molecule has 0 aliphatic heterocycles. The first-order chi connectivity index (χ1) is 5.61. The van der Waals surface area contributed by atoms with Gasteiger partial charge in [0.05, 0.1) is 12.9 Å². The van der Waals surface area contributed by atoms with E-state index in [1.54, 1.807) is 7.11 Å². The van der Waals surface area contributed by atoms with Crippen molar-refractivity contribution in [3.8, 4) is 0 Å². The summed E-state index contributed by atoms with van der Waals surface area (Å²) >= 11 is 0. The molecule has 0 saturated carbocycles. The maximum Gasteiger partial charge on any atom is 0.0941 e. The zero-order chi connectivity index (χ0) is 9.56. The van der Waals surface area contributed by atoms with Crippen molar-refractivity contribution in [2.75, 3.05) is 7.11 Å². The van der Waals surface area contributed by atoms with Gasteiger partial charge in [-0.25, -0.2) is 0 Å². The molecule has 1 unspecified atom stereocenters. The van der Waals surface area contributed by atoms with E-state index in [1.165, 1.54) is 5.57 Å². The van der Waals surface area contributed by atoms with Gasteiger partial charge in [0.25, 0.3) is 0 Å². The van der Waals surface area contributed by atoms with Crippen molar-refractivity contribution in [3.05, 3.63) is 24.0 Å². The lowest BCUT2D eigenvalue weighted by Gasteiger charge is -2.13. The van der Waals surface area contributed by atoms with E-state index in [-0.39, 0.29) is 0 Å². The van der Waals surface area contributed by atoms with Gasteiger partial charge >= 0.3 is 0 Å². The highest BCUT2D eigenvalue weighted by Gasteiger charge is 2.07. The molecule has 0 bridgehead atoms. The maximum absolute atomic E-state index is 5.22. The molecule has 12 heavy (non-hydrogen) atoms. The normalized spacial score (nSPS) is 14.2. The summed E-state index contributed by atoms with van der Waals surface area (Å²) in [5, 5.41) is 0. The maximum atomic E-state index is 5.22. The van der Waals surface area contributed by atoms with Gasteiger partial charge in [-0.15, -0.1) is 6.58 Å². The molecule has 1 heteroatoms. The van der Waals surface area contributed by atoms with Crippen molar-refractivity contribution in [3.63, 3.8) is 0 Å². The van der Waals surface area contributed by atoms with Crippen LogP contribution in [0.3, 0.4) is 0 Å². The minimum atomic E-state index is 0.511. The average Bonchev–Trinajstić information content (AvgIpc) is 2.03. The van der Waals surface area contributed by atoms with E-state index in [2.05, 4.69) is 20.4 Å². The van der Waals surface area contributed by atoms with Gasteiger partial charge in [0.2, 0.25) is 0 Å². The van der Waals surface area contributed by atoms with E-state index < -0.39 is 0 Å². The second-order valence-electron chi connectivity index (χ2n) is 3.29. The van der Waals surface area contributed by atoms with Crippen molar-refractivity contribution in [1.29, 1.82) is 0 Å². The Balaban J connectivity index is 3.85. The predicted octanol–water partition coefficient (Wildman–Crippen LogP) is 3.53. The van der Waals surface area contributed by atoms with Crippen LogP contribution < -0.4 is 0 Å². The minimum absolute atomic E-state index is 0.511. The lowest BCUT2D eigenvalue weighted by atomic mass is 10.0. The molecular formula is C11H20O. The lowest BCUT2D eigenvalue weighted by molar-refractivity contribution is 0.242. The molecule has 0 fully saturated rings. The highest BCUT2D eigenvalue weighted by atomic mass is 16.5. The van der Waals surface area contributed by atoms with Crippen LogP contribution in [0, 0.1) is 5.92 Å². The van der Waals surface area contributed by atoms with Gasteiger partial charge in [0.15, 0.2) is 0 Å². The molecule has 0 aromatic rings. The molecule has 1 nitrogen and oxygen atoms in total. The molecule has 0 amide bonds. The van der Waals surface area contributed by atoms with Gasteiger partial charge in [-0.1, -0.05) is 12.5 Å². The van der Waals surface area contributed by atoms with E-state index in [4.69, 9.17) is 4.74 Å². The molecule has 1 atom stereocenters. The van der Waals surface area contributed by atoms with Crippen LogP contribution in [0.25, 0.3) is 0 Å². The topological polar surface area (TPSA) is 9.23 Å². The molecule has 0 aromatic heterocycles. The molecule has 0 aliphatic carbocycles. The highest BCUT2D eigenvalue weighted by Crippen LogP contribution is 2.18. The fourth-order valence-corrected chi connectivity index (χ4v) is 1.21. The number of hydrogen-bond donors (Lipinski definition) is 0. The molecule has 0 aromatic carbocycles. The van der Waals surface area contributed by atoms with Crippen LogP contribution in [0.4, 0.5) is 0 Å². The molecule has 0 rings (SSSR count). The van der Waals surface area contributed by atoms with Crippen molar-refractivity contribution < 1.29 is 4.74 Å². The van der Waals surface area contributed by atoms with Crippen LogP contribution in [-0.2, 0) is 4.74 Å². The number of allylic oxidation sites excluding steroid dienone is 3. The smallest absolute Gasteiger partial charge is 0.0941 e. The zero-order valence-electron chi connectivity index (χ0n) is 8.68. The van der Waals surface area contributed by atoms with Gasteiger partial charge < -0.3 is 4.74 Å². The highest BCUT2D eigenvalue weighted by molar-refractivity contribution is 4.97. The number of hydrogen-bond acceptors (Lipinski definition) is 1. The van der Waals surface area contributed by atoms with Crippen LogP contribution in [0.5, 0.6) is 0 Å². The van der Waals surface area contributed by atoms with E-state index in [0.717, 1.165) is 18.6 Å². The van der Waals surface area contributed by atoms with E-state index in [9.17, 15) is 0 Å². The Bertz CT molecular complexity index is 168. The summed E-state index contributed by atoms with van der Waals surface area (Å²) in [6.07, 6.45) is 4.24. The van der Waals surface area contributed by atoms with Crippen LogP contribution in [0.15, 0.2) is 24.0 Å². The van der Waals surface area contributed by atoms with E-state index >= 15 is 0 Å². The van der Waals surface area contributed by atoms with Crippen molar-refractivity contribution in [2.45, 2.75) is 33.6 Å². The molecule has 0 saturated heterocycles. The Kier molecular flexibility index (Phi) is 5.52. The molecule has 0 N–H and O–H groups in total. The SMILES string of the molecule is C=C(C)CCC(C)C(=CC)OC. The van der Waals surface area contributed by atoms with Gasteiger partial charge in [0, 0.05) is 5.92 Å². The van der Waals surface area contributed by atoms with Gasteiger partial charge in [-0.2, -0.15) is 0 Å². The quantitative estimate of drug-likeness (QED) is 0.451. The second kappa shape index (κ2) is 5.87. The number of rotatable bonds is 5. The Hall–Kier alpha value is -0.720. The summed E-state index contributed by atoms with van der Waals surface area (Å²) in [6.45, 7) is 10.1. The monoisotopic (exact) mass is 168 g/mol. The second-order valence-corrected chi connectivity index (χ2v) is 3.29. The first-order valence-electron chi connectivity index (χ1n) is 4.46. The van der Waals surface area contributed by atoms with Gasteiger partial charge in [0.1, 0.15) is 0 Å². The van der Waals surface area contributed by atoms with Crippen LogP contribution in [-0.4, -0.2) is 7.11 Å². The van der Waals surface area contributed by atoms with Crippen LogP contribution >= 0.6 is 0 Å². The summed E-state index contributed by atoms with van der Waals surface area (Å²) < 4.78 is 5.22. The molecule has 0 heterocycles. The summed E-state index contributed by atoms with van der Waals surface area (Å²) in [5.41, 5.74) is 1.24. The molecule has 0 aliphatic rings. The van der Waals surface area contributed by atoms with Crippen molar-refractivity contribution in [2.24, 2.45) is 5.92 Å². The van der Waals surface area contributed by atoms with Crippen LogP contribution in [0.1, 0.15) is 33.6 Å². The number of ether oxygens (including phenoxy) is 1. The van der Waals surface area contributed by atoms with Crippen molar-refractivity contribution in [1.82, 2.24) is 0 Å². The fraction of sp³-hybridized carbons (Fsp3) is 0.636. The summed E-state index contributed by atoms with van der Waals surface area (Å²) in [5.74, 6) is 1.59. The third kappa shape index (κ3) is 4.22. The molecule has 0 spiro atoms. The third-order valence-electron chi connectivity index (χ3n) is 2.01. The largest absolute Gasteiger partial charge is 0.501 e. The third-order valence-corrected chi connectivity index (χ3v) is 2.01. The van der Waals surface area contributed by atoms with Crippen LogP contribution in [0.2, 0.25) is 0 Å². The minimum Gasteiger partial charge on any atom is -0.501 e. The Labute approximate surface area is 76.1 Å². The standard InChI is InChI=1S/C11H20O/c1-6-11(12-5)10(4)8-7-9(2)3/h6,10H,2,7-8H2,1,3-5H3. The summed E-state index contributed by atoms with van der Waals surface area (Å²) in [6, 6.07) is 0. The Morgan fingerprint density at radius 3 is 2.50 bits per heavy atom. The average molecular weight is 168 g/mol. The Morgan fingerprint density at radius 2 is 2.17 bits per heavy atom. The van der Waals surface area contributed by atoms with Gasteiger partial charge in [-0.3, -0.25) is 0 Å². The lowest BCUT2D eigenvalue weighted by Crippen LogP contribution is -2.01. The summed E-state index contributed by atoms with van der Waals surface area (Å²) in [4.78, 5) is 0. The van der Waals surface area contributed by atoms with E-state index in [1.807, 2.05) is 13.0 Å². The van der Waals surface area contributed by atoms with E-state index in [0.29, 0.717) is 5.92 Å². The molecule has 0 radical (unpaired) electrons. The first kappa shape index (κ1) is 11.3. The predicted molar refractivity (Wildman–Crippen MR) is 54.0 cm³/mol. The summed E-state index contributed by atoms with van der Waals surface area (Å²) in [7, 11) is 1.73. The van der Waals surface area contributed by atoms with Crippen molar-refractivity contribution >= 4 is 0 Å². The molecule has 70 valence electrons.